The van der Waals surface area contributed by atoms with E-state index in [2.05, 4.69) is 0 Å². The van der Waals surface area contributed by atoms with Gasteiger partial charge in [0.05, 0.1) is 0 Å². The van der Waals surface area contributed by atoms with E-state index in [-0.39, 0.29) is 17.8 Å². The molecule has 0 atom stereocenters. The van der Waals surface area contributed by atoms with Crippen LogP contribution in [0.25, 0.3) is 0 Å². The lowest BCUT2D eigenvalue weighted by atomic mass is 9.92. The highest BCUT2D eigenvalue weighted by atomic mass is 35.5. The molecule has 104 valence electrons. The highest BCUT2D eigenvalue weighted by Crippen LogP contribution is 2.33. The van der Waals surface area contributed by atoms with Gasteiger partial charge in [-0.1, -0.05) is 17.7 Å². The van der Waals surface area contributed by atoms with Crippen LogP contribution in [-0.2, 0) is 4.74 Å². The molecule has 0 saturated carbocycles. The molecule has 1 fully saturated rings. The summed E-state index contributed by atoms with van der Waals surface area (Å²) in [4.78, 5) is 13.4. The fraction of sp³-hybridized carbons (Fsp3) is 0.500. The van der Waals surface area contributed by atoms with E-state index in [0.29, 0.717) is 18.1 Å². The molecule has 0 radical (unpaired) electrons. The van der Waals surface area contributed by atoms with Crippen molar-refractivity contribution in [3.05, 3.63) is 34.6 Å². The molecule has 0 aromatic heterocycles. The summed E-state index contributed by atoms with van der Waals surface area (Å²) >= 11 is 6.00. The second-order valence-corrected chi connectivity index (χ2v) is 6.16. The first-order valence-corrected chi connectivity index (χ1v) is 6.57. The van der Waals surface area contributed by atoms with Gasteiger partial charge in [-0.3, -0.25) is 0 Å². The van der Waals surface area contributed by atoms with Crippen LogP contribution in [0.4, 0.5) is 9.18 Å². The summed E-state index contributed by atoms with van der Waals surface area (Å²) in [5.74, 6) is -0.197. The lowest BCUT2D eigenvalue weighted by molar-refractivity contribution is 0.00819. The van der Waals surface area contributed by atoms with Crippen LogP contribution in [0.3, 0.4) is 0 Å². The molecule has 0 unspecified atom stereocenters. The van der Waals surface area contributed by atoms with Gasteiger partial charge >= 0.3 is 6.09 Å². The summed E-state index contributed by atoms with van der Waals surface area (Å²) in [5, 5.41) is 0.411. The van der Waals surface area contributed by atoms with E-state index in [4.69, 9.17) is 16.3 Å². The van der Waals surface area contributed by atoms with E-state index in [1.165, 1.54) is 12.1 Å². The van der Waals surface area contributed by atoms with Gasteiger partial charge in [0.15, 0.2) is 0 Å². The number of likely N-dealkylation sites (tertiary alicyclic amines) is 1. The smallest absolute Gasteiger partial charge is 0.410 e. The van der Waals surface area contributed by atoms with E-state index >= 15 is 0 Å². The number of benzene rings is 1. The van der Waals surface area contributed by atoms with Crippen LogP contribution in [-0.4, -0.2) is 29.7 Å². The van der Waals surface area contributed by atoms with E-state index in [1.54, 1.807) is 11.0 Å². The molecule has 3 nitrogen and oxygen atoms in total. The maximum atomic E-state index is 13.0. The van der Waals surface area contributed by atoms with Gasteiger partial charge in [0.25, 0.3) is 0 Å². The van der Waals surface area contributed by atoms with Crippen molar-refractivity contribution in [2.24, 2.45) is 0 Å². The van der Waals surface area contributed by atoms with Gasteiger partial charge in [-0.05, 0) is 38.5 Å². The van der Waals surface area contributed by atoms with Crippen LogP contribution in [0.5, 0.6) is 0 Å². The normalized spacial score (nSPS) is 16.2. The summed E-state index contributed by atoms with van der Waals surface area (Å²) in [6.07, 6.45) is -0.318. The summed E-state index contributed by atoms with van der Waals surface area (Å²) in [6.45, 7) is 6.61. The van der Waals surface area contributed by atoms with Crippen LogP contribution < -0.4 is 0 Å². The predicted octanol–water partition coefficient (Wildman–Crippen LogP) is 3.81. The Morgan fingerprint density at radius 1 is 1.42 bits per heavy atom. The molecule has 1 aliphatic rings. The van der Waals surface area contributed by atoms with E-state index < -0.39 is 5.60 Å². The SMILES string of the molecule is CC(C)(C)OC(=O)N1CC(c2ccc(F)cc2Cl)C1. The monoisotopic (exact) mass is 285 g/mol. The number of rotatable bonds is 1. The Bertz CT molecular complexity index is 493. The Morgan fingerprint density at radius 3 is 2.58 bits per heavy atom. The first-order chi connectivity index (χ1) is 8.76. The van der Waals surface area contributed by atoms with Crippen LogP contribution >= 0.6 is 11.6 Å². The molecule has 1 aromatic carbocycles. The number of carbonyl (C=O) groups excluding carboxylic acids is 1. The Balaban J connectivity index is 1.94. The zero-order valence-electron chi connectivity index (χ0n) is 11.2. The van der Waals surface area contributed by atoms with Gasteiger partial charge in [-0.2, -0.15) is 0 Å². The fourth-order valence-corrected chi connectivity index (χ4v) is 2.30. The van der Waals surface area contributed by atoms with E-state index in [1.807, 2.05) is 20.8 Å². The molecular weight excluding hydrogens is 269 g/mol. The number of hydrogen-bond acceptors (Lipinski definition) is 2. The average Bonchev–Trinajstić information content (AvgIpc) is 2.16. The predicted molar refractivity (Wildman–Crippen MR) is 72.0 cm³/mol. The molecule has 0 aliphatic carbocycles. The maximum Gasteiger partial charge on any atom is 0.410 e. The Kier molecular flexibility index (Phi) is 3.72. The van der Waals surface area contributed by atoms with Gasteiger partial charge in [-0.15, -0.1) is 0 Å². The third-order valence-corrected chi connectivity index (χ3v) is 3.26. The largest absolute Gasteiger partial charge is 0.444 e. The van der Waals surface area contributed by atoms with Crippen molar-refractivity contribution in [2.45, 2.75) is 32.3 Å². The number of nitrogens with zero attached hydrogens (tertiary/aromatic N) is 1. The number of ether oxygens (including phenoxy) is 1. The number of halogens is 2. The van der Waals surface area contributed by atoms with Gasteiger partial charge in [0, 0.05) is 24.0 Å². The van der Waals surface area contributed by atoms with Crippen molar-refractivity contribution >= 4 is 17.7 Å². The van der Waals surface area contributed by atoms with Gasteiger partial charge in [0.1, 0.15) is 11.4 Å². The quantitative estimate of drug-likeness (QED) is 0.785. The summed E-state index contributed by atoms with van der Waals surface area (Å²) in [5.41, 5.74) is 0.387. The Labute approximate surface area is 117 Å². The van der Waals surface area contributed by atoms with E-state index in [9.17, 15) is 9.18 Å². The van der Waals surface area contributed by atoms with Gasteiger partial charge < -0.3 is 9.64 Å². The molecule has 5 heteroatoms. The molecule has 1 aromatic rings. The zero-order valence-corrected chi connectivity index (χ0v) is 12.0. The van der Waals surface area contributed by atoms with Crippen LogP contribution in [0.15, 0.2) is 18.2 Å². The van der Waals surface area contributed by atoms with Crippen molar-refractivity contribution in [1.29, 1.82) is 0 Å². The maximum absolute atomic E-state index is 13.0. The summed E-state index contributed by atoms with van der Waals surface area (Å²) in [6, 6.07) is 4.36. The first-order valence-electron chi connectivity index (χ1n) is 6.19. The molecule has 1 amide bonds. The van der Waals surface area contributed by atoms with Crippen LogP contribution in [0, 0.1) is 5.82 Å². The van der Waals surface area contributed by atoms with Crippen molar-refractivity contribution in [3.8, 4) is 0 Å². The molecule has 0 spiro atoms. The number of amides is 1. The Morgan fingerprint density at radius 2 is 2.05 bits per heavy atom. The average molecular weight is 286 g/mol. The summed E-state index contributed by atoms with van der Waals surface area (Å²) in [7, 11) is 0. The number of hydrogen-bond donors (Lipinski definition) is 0. The number of carbonyl (C=O) groups is 1. The van der Waals surface area contributed by atoms with Gasteiger partial charge in [-0.25, -0.2) is 9.18 Å². The van der Waals surface area contributed by atoms with Gasteiger partial charge in [0.2, 0.25) is 0 Å². The van der Waals surface area contributed by atoms with Crippen molar-refractivity contribution < 1.29 is 13.9 Å². The fourth-order valence-electron chi connectivity index (χ4n) is 1.98. The van der Waals surface area contributed by atoms with Crippen molar-refractivity contribution in [1.82, 2.24) is 4.90 Å². The van der Waals surface area contributed by atoms with Crippen LogP contribution in [0.2, 0.25) is 5.02 Å². The second kappa shape index (κ2) is 5.00. The summed E-state index contributed by atoms with van der Waals surface area (Å²) < 4.78 is 18.2. The Hall–Kier alpha value is -1.29. The highest BCUT2D eigenvalue weighted by molar-refractivity contribution is 6.31. The standard InChI is InChI=1S/C14H17ClFNO2/c1-14(2,3)19-13(18)17-7-9(8-17)11-5-4-10(16)6-12(11)15/h4-6,9H,7-8H2,1-3H3. The molecule has 0 N–H and O–H groups in total. The molecule has 1 heterocycles. The molecule has 0 bridgehead atoms. The third kappa shape index (κ3) is 3.38. The molecule has 1 saturated heterocycles. The van der Waals surface area contributed by atoms with Crippen molar-refractivity contribution in [3.63, 3.8) is 0 Å². The minimum atomic E-state index is -0.490. The zero-order chi connectivity index (χ0) is 14.2. The molecule has 1 aliphatic heterocycles. The molecule has 19 heavy (non-hydrogen) atoms. The third-order valence-electron chi connectivity index (χ3n) is 2.94. The second-order valence-electron chi connectivity index (χ2n) is 5.75. The highest BCUT2D eigenvalue weighted by Gasteiger charge is 2.35. The van der Waals surface area contributed by atoms with Crippen LogP contribution in [0.1, 0.15) is 32.3 Å². The van der Waals surface area contributed by atoms with E-state index in [0.717, 1.165) is 5.56 Å². The minimum Gasteiger partial charge on any atom is -0.444 e. The minimum absolute atomic E-state index is 0.153. The first kappa shape index (κ1) is 14.1. The lowest BCUT2D eigenvalue weighted by Crippen LogP contribution is -2.50. The molecular formula is C14H17ClFNO2. The topological polar surface area (TPSA) is 29.5 Å². The molecule has 2 rings (SSSR count). The van der Waals surface area contributed by atoms with Crippen molar-refractivity contribution in [2.75, 3.05) is 13.1 Å². The lowest BCUT2D eigenvalue weighted by Gasteiger charge is -2.40.